The molecule has 57 heavy (non-hydrogen) atoms. The Morgan fingerprint density at radius 2 is 0.965 bits per heavy atom. The van der Waals surface area contributed by atoms with Gasteiger partial charge >= 0.3 is 0 Å². The van der Waals surface area contributed by atoms with Crippen LogP contribution in [0, 0.1) is 0 Å². The summed E-state index contributed by atoms with van der Waals surface area (Å²) in [6.07, 6.45) is 0. The molecular formula is C54H36N2S. The summed E-state index contributed by atoms with van der Waals surface area (Å²) in [6, 6.07) is 79.3. The number of para-hydroxylation sites is 1. The molecule has 9 aromatic carbocycles. The number of fused-ring (bicyclic) bond motifs is 6. The standard InChI is InChI=1S/C54H36N2S/c1-4-15-37(16-5-1)39-29-31-43(32-30-39)55(50-27-14-25-47-46-23-10-11-28-52(46)57-54(47)50)44-33-34-48-51(36-44)56(42-21-8-3-9-22-42)49-26-13-24-45(53(48)49)41-20-12-19-40(35-41)38-17-6-2-7-18-38/h1-36H. The molecule has 0 bridgehead atoms. The van der Waals surface area contributed by atoms with Gasteiger partial charge in [0.25, 0.3) is 0 Å². The molecule has 0 atom stereocenters. The van der Waals surface area contributed by atoms with Crippen molar-refractivity contribution in [2.45, 2.75) is 0 Å². The van der Waals surface area contributed by atoms with Gasteiger partial charge in [0.1, 0.15) is 0 Å². The molecule has 2 aromatic heterocycles. The fourth-order valence-electron chi connectivity index (χ4n) is 8.56. The van der Waals surface area contributed by atoms with Crippen LogP contribution in [0.3, 0.4) is 0 Å². The van der Waals surface area contributed by atoms with Gasteiger partial charge in [0, 0.05) is 43.3 Å². The summed E-state index contributed by atoms with van der Waals surface area (Å²) in [6.45, 7) is 0. The number of nitrogens with zero attached hydrogens (tertiary/aromatic N) is 2. The van der Waals surface area contributed by atoms with Gasteiger partial charge in [-0.1, -0.05) is 158 Å². The van der Waals surface area contributed by atoms with Gasteiger partial charge < -0.3 is 9.47 Å². The molecule has 0 aliphatic heterocycles. The van der Waals surface area contributed by atoms with E-state index in [9.17, 15) is 0 Å². The Morgan fingerprint density at radius 3 is 1.75 bits per heavy atom. The second-order valence-corrected chi connectivity index (χ2v) is 15.6. The maximum atomic E-state index is 2.45. The molecule has 0 saturated carbocycles. The summed E-state index contributed by atoms with van der Waals surface area (Å²) < 4.78 is 5.01. The number of benzene rings is 9. The van der Waals surface area contributed by atoms with E-state index in [1.807, 2.05) is 11.3 Å². The maximum Gasteiger partial charge on any atom is 0.0640 e. The van der Waals surface area contributed by atoms with Gasteiger partial charge in [0.2, 0.25) is 0 Å². The lowest BCUT2D eigenvalue weighted by molar-refractivity contribution is 1.18. The molecular weight excluding hydrogens is 709 g/mol. The van der Waals surface area contributed by atoms with Gasteiger partial charge in [-0.15, -0.1) is 11.3 Å². The van der Waals surface area contributed by atoms with E-state index in [-0.39, 0.29) is 0 Å². The fourth-order valence-corrected chi connectivity index (χ4v) is 9.76. The summed E-state index contributed by atoms with van der Waals surface area (Å²) >= 11 is 1.87. The van der Waals surface area contributed by atoms with Crippen LogP contribution in [0.25, 0.3) is 81.0 Å². The third kappa shape index (κ3) is 5.71. The minimum Gasteiger partial charge on any atom is -0.309 e. The summed E-state index contributed by atoms with van der Waals surface area (Å²) in [5, 5.41) is 5.04. The minimum absolute atomic E-state index is 1.10. The van der Waals surface area contributed by atoms with Crippen molar-refractivity contribution >= 4 is 70.4 Å². The van der Waals surface area contributed by atoms with Crippen molar-refractivity contribution < 1.29 is 0 Å². The van der Waals surface area contributed by atoms with Crippen LogP contribution >= 0.6 is 11.3 Å². The molecule has 0 radical (unpaired) electrons. The van der Waals surface area contributed by atoms with Crippen LogP contribution in [-0.4, -0.2) is 4.57 Å². The number of thiophene rings is 1. The van der Waals surface area contributed by atoms with Crippen molar-refractivity contribution in [3.05, 3.63) is 218 Å². The molecule has 3 heteroatoms. The quantitative estimate of drug-likeness (QED) is 0.158. The Labute approximate surface area is 335 Å². The van der Waals surface area contributed by atoms with Gasteiger partial charge in [0.05, 0.1) is 21.4 Å². The Bertz CT molecular complexity index is 3220. The van der Waals surface area contributed by atoms with Crippen molar-refractivity contribution in [1.82, 2.24) is 4.57 Å². The Balaban J connectivity index is 1.16. The van der Waals surface area contributed by atoms with Crippen LogP contribution < -0.4 is 4.90 Å². The minimum atomic E-state index is 1.10. The molecule has 0 fully saturated rings. The van der Waals surface area contributed by atoms with Crippen LogP contribution in [0.4, 0.5) is 17.1 Å². The van der Waals surface area contributed by atoms with Crippen molar-refractivity contribution in [3.63, 3.8) is 0 Å². The highest BCUT2D eigenvalue weighted by Crippen LogP contribution is 2.47. The van der Waals surface area contributed by atoms with Crippen molar-refractivity contribution in [2.75, 3.05) is 4.90 Å². The summed E-state index contributed by atoms with van der Waals surface area (Å²) in [4.78, 5) is 2.45. The first kappa shape index (κ1) is 33.2. The Kier molecular flexibility index (Phi) is 8.04. The number of rotatable bonds is 7. The molecule has 0 amide bonds. The summed E-state index contributed by atoms with van der Waals surface area (Å²) in [5.41, 5.74) is 14.1. The highest BCUT2D eigenvalue weighted by molar-refractivity contribution is 7.26. The zero-order valence-electron chi connectivity index (χ0n) is 31.1. The van der Waals surface area contributed by atoms with E-state index in [0.717, 1.165) is 22.6 Å². The molecule has 2 nitrogen and oxygen atoms in total. The largest absolute Gasteiger partial charge is 0.309 e. The fraction of sp³-hybridized carbons (Fsp3) is 0. The molecule has 11 aromatic rings. The van der Waals surface area contributed by atoms with E-state index >= 15 is 0 Å². The Morgan fingerprint density at radius 1 is 0.368 bits per heavy atom. The van der Waals surface area contributed by atoms with E-state index in [2.05, 4.69) is 228 Å². The normalized spacial score (nSPS) is 11.5. The van der Waals surface area contributed by atoms with Crippen LogP contribution in [0.5, 0.6) is 0 Å². The second-order valence-electron chi connectivity index (χ2n) is 14.5. The van der Waals surface area contributed by atoms with Crippen molar-refractivity contribution in [1.29, 1.82) is 0 Å². The van der Waals surface area contributed by atoms with Gasteiger partial charge in [-0.2, -0.15) is 0 Å². The first-order valence-electron chi connectivity index (χ1n) is 19.4. The van der Waals surface area contributed by atoms with Crippen LogP contribution in [0.2, 0.25) is 0 Å². The highest BCUT2D eigenvalue weighted by atomic mass is 32.1. The Hall–Kier alpha value is -7.20. The molecule has 0 spiro atoms. The van der Waals surface area contributed by atoms with Gasteiger partial charge in [-0.05, 0) is 94.0 Å². The number of aromatic nitrogens is 1. The van der Waals surface area contributed by atoms with Crippen molar-refractivity contribution in [3.8, 4) is 39.1 Å². The van der Waals surface area contributed by atoms with Crippen LogP contribution in [-0.2, 0) is 0 Å². The lowest BCUT2D eigenvalue weighted by Crippen LogP contribution is -2.10. The summed E-state index contributed by atoms with van der Waals surface area (Å²) in [7, 11) is 0. The van der Waals surface area contributed by atoms with E-state index < -0.39 is 0 Å². The highest BCUT2D eigenvalue weighted by Gasteiger charge is 2.22. The average Bonchev–Trinajstić information content (AvgIpc) is 3.84. The number of anilines is 3. The van der Waals surface area contributed by atoms with E-state index in [4.69, 9.17) is 0 Å². The molecule has 0 unspecified atom stereocenters. The number of hydrogen-bond acceptors (Lipinski definition) is 2. The van der Waals surface area contributed by atoms with Crippen LogP contribution in [0.1, 0.15) is 0 Å². The van der Waals surface area contributed by atoms with E-state index in [1.165, 1.54) is 75.5 Å². The number of hydrogen-bond donors (Lipinski definition) is 0. The monoisotopic (exact) mass is 744 g/mol. The van der Waals surface area contributed by atoms with E-state index in [1.54, 1.807) is 0 Å². The maximum absolute atomic E-state index is 2.45. The zero-order valence-corrected chi connectivity index (χ0v) is 31.9. The van der Waals surface area contributed by atoms with Gasteiger partial charge in [0.15, 0.2) is 0 Å². The van der Waals surface area contributed by atoms with Gasteiger partial charge in [-0.25, -0.2) is 0 Å². The average molecular weight is 745 g/mol. The molecule has 0 saturated heterocycles. The molecule has 0 aliphatic rings. The zero-order chi connectivity index (χ0) is 37.7. The predicted molar refractivity (Wildman–Crippen MR) is 245 cm³/mol. The smallest absolute Gasteiger partial charge is 0.0640 e. The van der Waals surface area contributed by atoms with E-state index in [0.29, 0.717) is 0 Å². The predicted octanol–water partition coefficient (Wildman–Crippen LogP) is 15.6. The molecule has 268 valence electrons. The second kappa shape index (κ2) is 13.8. The third-order valence-electron chi connectivity index (χ3n) is 11.2. The molecule has 0 aliphatic carbocycles. The summed E-state index contributed by atoms with van der Waals surface area (Å²) in [5.74, 6) is 0. The van der Waals surface area contributed by atoms with Gasteiger partial charge in [-0.3, -0.25) is 0 Å². The lowest BCUT2D eigenvalue weighted by Gasteiger charge is -2.26. The lowest BCUT2D eigenvalue weighted by atomic mass is 9.96. The topological polar surface area (TPSA) is 8.17 Å². The first-order chi connectivity index (χ1) is 28.3. The SMILES string of the molecule is c1ccc(-c2ccc(N(c3ccc4c5c(-c6cccc(-c7ccccc7)c6)cccc5n(-c5ccccc5)c4c3)c3cccc4c3sc3ccccc34)cc2)cc1. The molecule has 2 heterocycles. The van der Waals surface area contributed by atoms with Crippen molar-refractivity contribution in [2.24, 2.45) is 0 Å². The molecule has 0 N–H and O–H groups in total. The first-order valence-corrected chi connectivity index (χ1v) is 20.2. The molecule has 11 rings (SSSR count). The third-order valence-corrected chi connectivity index (χ3v) is 12.4. The van der Waals surface area contributed by atoms with Crippen LogP contribution in [0.15, 0.2) is 218 Å².